The first-order chi connectivity index (χ1) is 19.9. The molecule has 0 saturated heterocycles. The van der Waals surface area contributed by atoms with Crippen LogP contribution in [-0.4, -0.2) is 25.1 Å². The number of fused-ring (bicyclic) bond motifs is 3. The Bertz CT molecular complexity index is 2080. The number of carbonyl (C=O) groups is 1. The van der Waals surface area contributed by atoms with Crippen molar-refractivity contribution >= 4 is 54.8 Å². The molecule has 0 aliphatic carbocycles. The third kappa shape index (κ3) is 5.30. The van der Waals surface area contributed by atoms with E-state index in [9.17, 15) is 18.0 Å². The van der Waals surface area contributed by atoms with Crippen molar-refractivity contribution in [3.63, 3.8) is 0 Å². The quantitative estimate of drug-likeness (QED) is 0.124. The van der Waals surface area contributed by atoms with Gasteiger partial charge in [0.05, 0.1) is 17.2 Å². The van der Waals surface area contributed by atoms with E-state index in [1.54, 1.807) is 53.1 Å². The summed E-state index contributed by atoms with van der Waals surface area (Å²) in [6.07, 6.45) is 1.45. The first-order valence-electron chi connectivity index (χ1n) is 12.7. The van der Waals surface area contributed by atoms with Crippen LogP contribution in [0.3, 0.4) is 0 Å². The van der Waals surface area contributed by atoms with Gasteiger partial charge in [0.15, 0.2) is 5.43 Å². The predicted molar refractivity (Wildman–Crippen MR) is 160 cm³/mol. The number of benzene rings is 5. The van der Waals surface area contributed by atoms with Gasteiger partial charge in [-0.25, -0.2) is 5.43 Å². The molecule has 0 atom stereocenters. The molecule has 202 valence electrons. The molecule has 8 nitrogen and oxygen atoms in total. The summed E-state index contributed by atoms with van der Waals surface area (Å²) in [4.78, 5) is 25.7. The normalized spacial score (nSPS) is 11.8. The van der Waals surface area contributed by atoms with E-state index in [2.05, 4.69) is 10.5 Å². The van der Waals surface area contributed by atoms with E-state index in [4.69, 9.17) is 4.18 Å². The number of nitrogens with zero attached hydrogens (tertiary/aromatic N) is 2. The zero-order valence-corrected chi connectivity index (χ0v) is 22.4. The van der Waals surface area contributed by atoms with Crippen LogP contribution in [0.15, 0.2) is 130 Å². The molecule has 1 amide bonds. The van der Waals surface area contributed by atoms with Crippen LogP contribution >= 0.6 is 0 Å². The number of carbonyl (C=O) groups excluding carboxylic acids is 1. The molecule has 41 heavy (non-hydrogen) atoms. The summed E-state index contributed by atoms with van der Waals surface area (Å²) in [5, 5.41) is 6.84. The Kier molecular flexibility index (Phi) is 6.78. The molecule has 0 aliphatic heterocycles. The number of hydrazone groups is 1. The summed E-state index contributed by atoms with van der Waals surface area (Å²) in [5.41, 5.74) is 4.38. The first kappa shape index (κ1) is 26.0. The van der Waals surface area contributed by atoms with Crippen LogP contribution in [0.1, 0.15) is 5.56 Å². The maximum atomic E-state index is 12.9. The van der Waals surface area contributed by atoms with Crippen molar-refractivity contribution in [3.05, 3.63) is 131 Å². The highest BCUT2D eigenvalue weighted by molar-refractivity contribution is 7.87. The Morgan fingerprint density at radius 2 is 1.39 bits per heavy atom. The van der Waals surface area contributed by atoms with Crippen molar-refractivity contribution < 1.29 is 17.4 Å². The third-order valence-corrected chi connectivity index (χ3v) is 7.92. The van der Waals surface area contributed by atoms with E-state index in [0.29, 0.717) is 27.4 Å². The molecule has 0 aliphatic rings. The van der Waals surface area contributed by atoms with Gasteiger partial charge < -0.3 is 8.75 Å². The van der Waals surface area contributed by atoms with Crippen LogP contribution in [0, 0.1) is 0 Å². The fraction of sp³-hybridized carbons (Fsp3) is 0.0312. The molecule has 0 unspecified atom stereocenters. The summed E-state index contributed by atoms with van der Waals surface area (Å²) in [5.74, 6) is -0.224. The van der Waals surface area contributed by atoms with Gasteiger partial charge >= 0.3 is 10.1 Å². The van der Waals surface area contributed by atoms with E-state index in [0.717, 1.165) is 10.8 Å². The maximum absolute atomic E-state index is 12.9. The highest BCUT2D eigenvalue weighted by atomic mass is 32.2. The van der Waals surface area contributed by atoms with Crippen molar-refractivity contribution in [2.45, 2.75) is 11.4 Å². The minimum absolute atomic E-state index is 0.0436. The van der Waals surface area contributed by atoms with Crippen molar-refractivity contribution in [1.82, 2.24) is 9.99 Å². The maximum Gasteiger partial charge on any atom is 0.339 e. The SMILES string of the molecule is O=C(Cn1c2ccccc2c(=O)c2ccccc21)N/N=C\c1ccc(OS(=O)(=O)c2ccc3ccccc3c2)cc1. The van der Waals surface area contributed by atoms with Gasteiger partial charge in [-0.1, -0.05) is 54.6 Å². The minimum Gasteiger partial charge on any atom is -0.379 e. The van der Waals surface area contributed by atoms with Crippen LogP contribution in [0.25, 0.3) is 32.6 Å². The number of rotatable bonds is 7. The van der Waals surface area contributed by atoms with E-state index in [1.165, 1.54) is 24.4 Å². The average Bonchev–Trinajstić information content (AvgIpc) is 3.00. The van der Waals surface area contributed by atoms with Gasteiger partial charge in [0.2, 0.25) is 0 Å². The third-order valence-electron chi connectivity index (χ3n) is 6.68. The van der Waals surface area contributed by atoms with Crippen LogP contribution in [0.2, 0.25) is 0 Å². The zero-order valence-electron chi connectivity index (χ0n) is 21.6. The molecule has 0 fully saturated rings. The molecule has 0 radical (unpaired) electrons. The first-order valence-corrected chi connectivity index (χ1v) is 14.2. The minimum atomic E-state index is -4.02. The second-order valence-corrected chi connectivity index (χ2v) is 10.9. The molecule has 0 bridgehead atoms. The smallest absolute Gasteiger partial charge is 0.339 e. The lowest BCUT2D eigenvalue weighted by Gasteiger charge is -2.14. The van der Waals surface area contributed by atoms with E-state index >= 15 is 0 Å². The number of nitrogens with one attached hydrogen (secondary N) is 1. The van der Waals surface area contributed by atoms with Crippen molar-refractivity contribution in [1.29, 1.82) is 0 Å². The summed E-state index contributed by atoms with van der Waals surface area (Å²) in [6, 6.07) is 32.9. The Morgan fingerprint density at radius 1 is 0.780 bits per heavy atom. The summed E-state index contributed by atoms with van der Waals surface area (Å²) in [7, 11) is -4.02. The van der Waals surface area contributed by atoms with Gasteiger partial charge in [-0.2, -0.15) is 13.5 Å². The lowest BCUT2D eigenvalue weighted by atomic mass is 10.1. The molecule has 1 heterocycles. The van der Waals surface area contributed by atoms with Gasteiger partial charge in [0.1, 0.15) is 17.2 Å². The standard InChI is InChI=1S/C32H23N3O5S/c36-31(21-35-29-11-5-3-9-27(29)32(37)28-10-4-6-12-30(28)35)34-33-20-22-13-16-25(17-14-22)40-41(38,39)26-18-15-23-7-1-2-8-24(23)19-26/h1-20H,21H2,(H,34,36)/b33-20-. The van der Waals surface area contributed by atoms with E-state index in [1.807, 2.05) is 48.5 Å². The largest absolute Gasteiger partial charge is 0.379 e. The fourth-order valence-corrected chi connectivity index (χ4v) is 5.68. The summed E-state index contributed by atoms with van der Waals surface area (Å²) in [6.45, 7) is -0.0436. The number of hydrogen-bond donors (Lipinski definition) is 1. The predicted octanol–water partition coefficient (Wildman–Crippen LogP) is 5.23. The van der Waals surface area contributed by atoms with Crippen LogP contribution in [0.5, 0.6) is 5.75 Å². The molecule has 0 spiro atoms. The van der Waals surface area contributed by atoms with Crippen LogP contribution in [0.4, 0.5) is 0 Å². The van der Waals surface area contributed by atoms with Gasteiger partial charge in [-0.05, 0) is 77.0 Å². The highest BCUT2D eigenvalue weighted by Gasteiger charge is 2.17. The molecule has 1 N–H and O–H groups in total. The van der Waals surface area contributed by atoms with Gasteiger partial charge in [0, 0.05) is 10.8 Å². The topological polar surface area (TPSA) is 107 Å². The van der Waals surface area contributed by atoms with Crippen LogP contribution < -0.4 is 15.0 Å². The van der Waals surface area contributed by atoms with Crippen molar-refractivity contribution in [3.8, 4) is 5.75 Å². The van der Waals surface area contributed by atoms with Crippen LogP contribution in [-0.2, 0) is 21.5 Å². The lowest BCUT2D eigenvalue weighted by Crippen LogP contribution is -2.25. The Hall–Kier alpha value is -5.28. The molecule has 6 rings (SSSR count). The van der Waals surface area contributed by atoms with E-state index in [-0.39, 0.29) is 28.5 Å². The average molecular weight is 562 g/mol. The Labute approximate surface area is 235 Å². The summed E-state index contributed by atoms with van der Waals surface area (Å²) >= 11 is 0. The zero-order chi connectivity index (χ0) is 28.4. The molecular formula is C32H23N3O5S. The Morgan fingerprint density at radius 3 is 2.07 bits per heavy atom. The van der Waals surface area contributed by atoms with E-state index < -0.39 is 10.1 Å². The van der Waals surface area contributed by atoms with Crippen molar-refractivity contribution in [2.75, 3.05) is 0 Å². The second kappa shape index (κ2) is 10.7. The number of amides is 1. The fourth-order valence-electron chi connectivity index (χ4n) is 4.71. The molecule has 5 aromatic carbocycles. The summed E-state index contributed by atoms with van der Waals surface area (Å²) < 4.78 is 32.7. The molecule has 1 aromatic heterocycles. The molecule has 6 aromatic rings. The highest BCUT2D eigenvalue weighted by Crippen LogP contribution is 2.23. The number of aromatic nitrogens is 1. The number of para-hydroxylation sites is 2. The van der Waals surface area contributed by atoms with Gasteiger partial charge in [-0.15, -0.1) is 0 Å². The van der Waals surface area contributed by atoms with Crippen molar-refractivity contribution in [2.24, 2.45) is 5.10 Å². The Balaban J connectivity index is 1.14. The van der Waals surface area contributed by atoms with Gasteiger partial charge in [-0.3, -0.25) is 9.59 Å². The van der Waals surface area contributed by atoms with Gasteiger partial charge in [0.25, 0.3) is 5.91 Å². The number of hydrogen-bond acceptors (Lipinski definition) is 6. The monoisotopic (exact) mass is 561 g/mol. The second-order valence-electron chi connectivity index (χ2n) is 9.36. The molecular weight excluding hydrogens is 538 g/mol. The molecule has 9 heteroatoms. The lowest BCUT2D eigenvalue weighted by molar-refractivity contribution is -0.121. The molecule has 0 saturated carbocycles. The number of pyridine rings is 1.